The summed E-state index contributed by atoms with van der Waals surface area (Å²) in [6, 6.07) is 3.53. The van der Waals surface area contributed by atoms with Gasteiger partial charge in [-0.25, -0.2) is 18.7 Å². The van der Waals surface area contributed by atoms with E-state index in [-0.39, 0.29) is 5.82 Å². The average Bonchev–Trinajstić information content (AvgIpc) is 2.27. The molecule has 2 N–H and O–H groups in total. The zero-order valence-electron chi connectivity index (χ0n) is 9.46. The molecule has 2 aromatic rings. The van der Waals surface area contributed by atoms with Crippen molar-refractivity contribution in [1.29, 1.82) is 0 Å². The third-order valence-corrected chi connectivity index (χ3v) is 2.53. The molecule has 0 spiro atoms. The van der Waals surface area contributed by atoms with Gasteiger partial charge in [0.2, 0.25) is 0 Å². The molecule has 0 saturated carbocycles. The van der Waals surface area contributed by atoms with Gasteiger partial charge in [-0.3, -0.25) is 0 Å². The van der Waals surface area contributed by atoms with Gasteiger partial charge in [0.25, 0.3) is 0 Å². The number of halogens is 2. The number of anilines is 1. The standard InChI is InChI=1S/C12H11F2N3/c1-6-7(2)17-12(15)11(16-6)8-3-4-9(13)10(14)5-8/h3-5H,1-2H3,(H2,15,17). The van der Waals surface area contributed by atoms with Crippen molar-refractivity contribution >= 4 is 5.82 Å². The summed E-state index contributed by atoms with van der Waals surface area (Å²) in [4.78, 5) is 8.34. The summed E-state index contributed by atoms with van der Waals surface area (Å²) in [6.45, 7) is 3.57. The second-order valence-electron chi connectivity index (χ2n) is 3.76. The van der Waals surface area contributed by atoms with E-state index in [0.29, 0.717) is 22.6 Å². The SMILES string of the molecule is Cc1nc(N)c(-c2ccc(F)c(F)c2)nc1C. The molecule has 0 aliphatic rings. The summed E-state index contributed by atoms with van der Waals surface area (Å²) in [5, 5.41) is 0. The van der Waals surface area contributed by atoms with E-state index < -0.39 is 11.6 Å². The van der Waals surface area contributed by atoms with Crippen molar-refractivity contribution in [3.63, 3.8) is 0 Å². The van der Waals surface area contributed by atoms with Crippen LogP contribution in [0.5, 0.6) is 0 Å². The summed E-state index contributed by atoms with van der Waals surface area (Å²) >= 11 is 0. The highest BCUT2D eigenvalue weighted by atomic mass is 19.2. The number of aromatic nitrogens is 2. The van der Waals surface area contributed by atoms with Crippen LogP contribution in [0.25, 0.3) is 11.3 Å². The van der Waals surface area contributed by atoms with E-state index in [9.17, 15) is 8.78 Å². The van der Waals surface area contributed by atoms with Gasteiger partial charge in [-0.1, -0.05) is 0 Å². The molecule has 0 saturated heterocycles. The summed E-state index contributed by atoms with van der Waals surface area (Å²) in [5.41, 5.74) is 7.93. The molecule has 0 radical (unpaired) electrons. The normalized spacial score (nSPS) is 10.6. The predicted octanol–water partition coefficient (Wildman–Crippen LogP) is 2.62. The van der Waals surface area contributed by atoms with Crippen LogP contribution < -0.4 is 5.73 Å². The van der Waals surface area contributed by atoms with Gasteiger partial charge in [0.05, 0.1) is 11.4 Å². The highest BCUT2D eigenvalue weighted by Crippen LogP contribution is 2.24. The number of aryl methyl sites for hydroxylation is 2. The molecule has 3 nitrogen and oxygen atoms in total. The molecule has 0 aliphatic carbocycles. The van der Waals surface area contributed by atoms with Crippen LogP contribution in [0.2, 0.25) is 0 Å². The van der Waals surface area contributed by atoms with E-state index >= 15 is 0 Å². The third-order valence-electron chi connectivity index (χ3n) is 2.53. The van der Waals surface area contributed by atoms with E-state index in [1.165, 1.54) is 6.07 Å². The maximum absolute atomic E-state index is 13.1. The Hall–Kier alpha value is -2.04. The maximum atomic E-state index is 13.1. The molecule has 0 atom stereocenters. The van der Waals surface area contributed by atoms with Gasteiger partial charge < -0.3 is 5.73 Å². The lowest BCUT2D eigenvalue weighted by molar-refractivity contribution is 0.509. The van der Waals surface area contributed by atoms with Crippen molar-refractivity contribution in [1.82, 2.24) is 9.97 Å². The summed E-state index contributed by atoms with van der Waals surface area (Å²) in [6.07, 6.45) is 0. The van der Waals surface area contributed by atoms with Crippen molar-refractivity contribution in [2.45, 2.75) is 13.8 Å². The van der Waals surface area contributed by atoms with Gasteiger partial charge in [-0.15, -0.1) is 0 Å². The van der Waals surface area contributed by atoms with Crippen LogP contribution in [0.3, 0.4) is 0 Å². The Kier molecular flexibility index (Phi) is 2.75. The molecular weight excluding hydrogens is 224 g/mol. The predicted molar refractivity (Wildman–Crippen MR) is 61.3 cm³/mol. The van der Waals surface area contributed by atoms with Gasteiger partial charge in [0.15, 0.2) is 11.6 Å². The average molecular weight is 235 g/mol. The fourth-order valence-electron chi connectivity index (χ4n) is 1.48. The number of nitrogens with two attached hydrogens (primary N) is 1. The molecule has 1 aromatic heterocycles. The van der Waals surface area contributed by atoms with E-state index in [2.05, 4.69) is 9.97 Å². The molecule has 0 amide bonds. The summed E-state index contributed by atoms with van der Waals surface area (Å²) < 4.78 is 25.9. The first kappa shape index (κ1) is 11.4. The molecule has 1 heterocycles. The Morgan fingerprint density at radius 1 is 1.00 bits per heavy atom. The molecular formula is C12H11F2N3. The summed E-state index contributed by atoms with van der Waals surface area (Å²) in [5.74, 6) is -1.62. The zero-order valence-corrected chi connectivity index (χ0v) is 9.46. The minimum Gasteiger partial charge on any atom is -0.382 e. The maximum Gasteiger partial charge on any atom is 0.159 e. The first-order valence-corrected chi connectivity index (χ1v) is 5.05. The topological polar surface area (TPSA) is 51.8 Å². The van der Waals surface area contributed by atoms with Gasteiger partial charge in [0, 0.05) is 5.56 Å². The Balaban J connectivity index is 2.60. The largest absolute Gasteiger partial charge is 0.382 e. The monoisotopic (exact) mass is 235 g/mol. The van der Waals surface area contributed by atoms with Crippen molar-refractivity contribution in [2.24, 2.45) is 0 Å². The van der Waals surface area contributed by atoms with Crippen molar-refractivity contribution < 1.29 is 8.78 Å². The zero-order chi connectivity index (χ0) is 12.6. The molecule has 17 heavy (non-hydrogen) atoms. The first-order chi connectivity index (χ1) is 7.99. The highest BCUT2D eigenvalue weighted by molar-refractivity contribution is 5.70. The van der Waals surface area contributed by atoms with Crippen LogP contribution in [0, 0.1) is 25.5 Å². The van der Waals surface area contributed by atoms with Crippen LogP contribution >= 0.6 is 0 Å². The Bertz CT molecular complexity index is 582. The number of nitrogen functional groups attached to an aromatic ring is 1. The quantitative estimate of drug-likeness (QED) is 0.826. The second kappa shape index (κ2) is 4.08. The van der Waals surface area contributed by atoms with Crippen molar-refractivity contribution in [3.05, 3.63) is 41.2 Å². The molecule has 88 valence electrons. The van der Waals surface area contributed by atoms with E-state index in [0.717, 1.165) is 12.1 Å². The fraction of sp³-hybridized carbons (Fsp3) is 0.167. The lowest BCUT2D eigenvalue weighted by Gasteiger charge is -2.07. The minimum absolute atomic E-state index is 0.208. The molecule has 5 heteroatoms. The first-order valence-electron chi connectivity index (χ1n) is 5.05. The lowest BCUT2D eigenvalue weighted by atomic mass is 10.1. The Morgan fingerprint density at radius 2 is 1.65 bits per heavy atom. The molecule has 1 aromatic carbocycles. The van der Waals surface area contributed by atoms with Crippen LogP contribution in [-0.2, 0) is 0 Å². The third kappa shape index (κ3) is 2.08. The smallest absolute Gasteiger partial charge is 0.159 e. The number of benzene rings is 1. The van der Waals surface area contributed by atoms with Crippen LogP contribution in [0.4, 0.5) is 14.6 Å². The van der Waals surface area contributed by atoms with Gasteiger partial charge in [-0.05, 0) is 32.0 Å². The number of rotatable bonds is 1. The van der Waals surface area contributed by atoms with Gasteiger partial charge >= 0.3 is 0 Å². The van der Waals surface area contributed by atoms with Crippen LogP contribution in [-0.4, -0.2) is 9.97 Å². The van der Waals surface area contributed by atoms with E-state index in [1.54, 1.807) is 13.8 Å². The molecule has 0 unspecified atom stereocenters. The molecule has 2 rings (SSSR count). The molecule has 0 fully saturated rings. The molecule has 0 aliphatic heterocycles. The number of nitrogens with zero attached hydrogens (tertiary/aromatic N) is 2. The van der Waals surface area contributed by atoms with Crippen molar-refractivity contribution in [3.8, 4) is 11.3 Å². The Labute approximate surface area is 97.3 Å². The fourth-order valence-corrected chi connectivity index (χ4v) is 1.48. The van der Waals surface area contributed by atoms with Gasteiger partial charge in [0.1, 0.15) is 11.5 Å². The van der Waals surface area contributed by atoms with Crippen molar-refractivity contribution in [2.75, 3.05) is 5.73 Å². The summed E-state index contributed by atoms with van der Waals surface area (Å²) in [7, 11) is 0. The van der Waals surface area contributed by atoms with E-state index in [4.69, 9.17) is 5.73 Å². The number of hydrogen-bond acceptors (Lipinski definition) is 3. The second-order valence-corrected chi connectivity index (χ2v) is 3.76. The Morgan fingerprint density at radius 3 is 2.29 bits per heavy atom. The lowest BCUT2D eigenvalue weighted by Crippen LogP contribution is -2.02. The minimum atomic E-state index is -0.929. The number of hydrogen-bond donors (Lipinski definition) is 1. The van der Waals surface area contributed by atoms with Gasteiger partial charge in [-0.2, -0.15) is 0 Å². The molecule has 0 bridgehead atoms. The van der Waals surface area contributed by atoms with Crippen LogP contribution in [0.15, 0.2) is 18.2 Å². The van der Waals surface area contributed by atoms with E-state index in [1.807, 2.05) is 0 Å². The van der Waals surface area contributed by atoms with Crippen LogP contribution in [0.1, 0.15) is 11.4 Å². The highest BCUT2D eigenvalue weighted by Gasteiger charge is 2.11.